The maximum atomic E-state index is 13.1. The van der Waals surface area contributed by atoms with Crippen LogP contribution in [-0.2, 0) is 20.9 Å². The summed E-state index contributed by atoms with van der Waals surface area (Å²) in [6.07, 6.45) is 8.40. The number of nitrogens with zero attached hydrogens (tertiary/aromatic N) is 3. The molecule has 5 rings (SSSR count). The minimum absolute atomic E-state index is 0.104. The number of rotatable bonds is 6. The van der Waals surface area contributed by atoms with Crippen molar-refractivity contribution in [2.24, 2.45) is 0 Å². The molecule has 0 bridgehead atoms. The van der Waals surface area contributed by atoms with Crippen LogP contribution in [0.4, 0.5) is 5.69 Å². The molecule has 1 fully saturated rings. The Bertz CT molecular complexity index is 1560. The van der Waals surface area contributed by atoms with E-state index in [1.54, 1.807) is 30.9 Å². The van der Waals surface area contributed by atoms with Crippen molar-refractivity contribution in [3.05, 3.63) is 77.0 Å². The minimum atomic E-state index is -0.465. The summed E-state index contributed by atoms with van der Waals surface area (Å²) < 4.78 is 5.95. The first kappa shape index (κ1) is 25.7. The average molecular weight is 533 g/mol. The second kappa shape index (κ2) is 10.4. The normalized spacial score (nSPS) is 16.2. The van der Waals surface area contributed by atoms with Gasteiger partial charge in [0, 0.05) is 59.2 Å². The summed E-state index contributed by atoms with van der Waals surface area (Å²) in [7, 11) is 0. The Morgan fingerprint density at radius 2 is 1.97 bits per heavy atom. The first-order valence-corrected chi connectivity index (χ1v) is 12.7. The fourth-order valence-electron chi connectivity index (χ4n) is 4.62. The van der Waals surface area contributed by atoms with E-state index >= 15 is 0 Å². The molecule has 4 aromatic rings. The van der Waals surface area contributed by atoms with Gasteiger partial charge in [0.2, 0.25) is 11.8 Å². The Hall–Kier alpha value is -3.95. The molecule has 4 heterocycles. The number of hydrogen-bond acceptors (Lipinski definition) is 6. The van der Waals surface area contributed by atoms with E-state index in [1.807, 2.05) is 43.9 Å². The van der Waals surface area contributed by atoms with Gasteiger partial charge in [-0.2, -0.15) is 0 Å². The molecule has 0 spiro atoms. The lowest BCUT2D eigenvalue weighted by Crippen LogP contribution is -2.50. The van der Waals surface area contributed by atoms with E-state index in [9.17, 15) is 9.59 Å². The zero-order valence-electron chi connectivity index (χ0n) is 21.5. The van der Waals surface area contributed by atoms with Gasteiger partial charge in [0.15, 0.2) is 0 Å². The molecule has 0 radical (unpaired) electrons. The number of nitrogens with one attached hydrogen (secondary N) is 3. The molecule has 0 unspecified atom stereocenters. The molecule has 2 amide bonds. The first-order valence-electron chi connectivity index (χ1n) is 12.3. The molecule has 1 saturated heterocycles. The summed E-state index contributed by atoms with van der Waals surface area (Å²) in [6.45, 7) is 7.06. The van der Waals surface area contributed by atoms with Gasteiger partial charge in [0.1, 0.15) is 0 Å². The minimum Gasteiger partial charge on any atom is -0.368 e. The fraction of sp³-hybridized carbons (Fsp3) is 0.286. The van der Waals surface area contributed by atoms with Crippen LogP contribution in [0.25, 0.3) is 21.8 Å². The van der Waals surface area contributed by atoms with Crippen LogP contribution in [0.15, 0.2) is 60.8 Å². The largest absolute Gasteiger partial charge is 0.368 e. The van der Waals surface area contributed by atoms with E-state index in [1.165, 1.54) is 6.08 Å². The number of H-pyrrole nitrogens is 1. The number of morpholine rings is 1. The SMILES string of the molecule is Cc1cnccc1CNC(=O)CN1CC(C)(C)OCC1=CC(=O)Nc1cc(Cl)cc2c1[nH]c1cnccc12. The number of benzene rings is 1. The summed E-state index contributed by atoms with van der Waals surface area (Å²) in [5, 5.41) is 8.27. The van der Waals surface area contributed by atoms with Crippen LogP contribution in [0.2, 0.25) is 5.02 Å². The third-order valence-corrected chi connectivity index (χ3v) is 6.78. The van der Waals surface area contributed by atoms with Crippen LogP contribution >= 0.6 is 11.6 Å². The van der Waals surface area contributed by atoms with E-state index in [4.69, 9.17) is 16.3 Å². The van der Waals surface area contributed by atoms with E-state index in [2.05, 4.69) is 25.6 Å². The van der Waals surface area contributed by atoms with E-state index in [0.29, 0.717) is 29.5 Å². The summed E-state index contributed by atoms with van der Waals surface area (Å²) in [4.78, 5) is 39.4. The zero-order chi connectivity index (χ0) is 26.9. The van der Waals surface area contributed by atoms with Crippen molar-refractivity contribution >= 4 is 50.9 Å². The number of aryl methyl sites for hydroxylation is 1. The standard InChI is InChI=1S/C28H29ClN6O3/c1-17-11-30-6-4-18(17)12-32-26(37)14-35-16-28(2,3)38-15-20(35)10-25(36)33-23-9-19(29)8-22-21-5-7-31-13-24(21)34-27(22)23/h4-11,13,34H,12,14-16H2,1-3H3,(H,32,37)(H,33,36). The summed E-state index contributed by atoms with van der Waals surface area (Å²) in [5.74, 6) is -0.491. The van der Waals surface area contributed by atoms with E-state index in [-0.39, 0.29) is 25.0 Å². The third-order valence-electron chi connectivity index (χ3n) is 6.57. The van der Waals surface area contributed by atoms with Gasteiger partial charge >= 0.3 is 0 Å². The number of fused-ring (bicyclic) bond motifs is 3. The number of carbonyl (C=O) groups excluding carboxylic acids is 2. The highest BCUT2D eigenvalue weighted by Crippen LogP contribution is 2.33. The number of amides is 2. The molecule has 38 heavy (non-hydrogen) atoms. The Balaban J connectivity index is 1.33. The van der Waals surface area contributed by atoms with Crippen molar-refractivity contribution in [3.8, 4) is 0 Å². The fourth-order valence-corrected chi connectivity index (χ4v) is 4.84. The second-order valence-electron chi connectivity index (χ2n) is 10.0. The highest BCUT2D eigenvalue weighted by Gasteiger charge is 2.31. The predicted molar refractivity (Wildman–Crippen MR) is 148 cm³/mol. The van der Waals surface area contributed by atoms with Crippen LogP contribution in [0.1, 0.15) is 25.0 Å². The summed E-state index contributed by atoms with van der Waals surface area (Å²) in [6, 6.07) is 7.35. The molecule has 1 aliphatic rings. The summed E-state index contributed by atoms with van der Waals surface area (Å²) >= 11 is 6.38. The molecular formula is C28H29ClN6O3. The zero-order valence-corrected chi connectivity index (χ0v) is 22.2. The molecule has 1 aromatic carbocycles. The lowest BCUT2D eigenvalue weighted by molar-refractivity contribution is -0.125. The summed E-state index contributed by atoms with van der Waals surface area (Å²) in [5.41, 5.74) is 4.34. The number of anilines is 1. The average Bonchev–Trinajstić information content (AvgIpc) is 3.24. The molecular weight excluding hydrogens is 504 g/mol. The van der Waals surface area contributed by atoms with Crippen molar-refractivity contribution in [1.82, 2.24) is 25.2 Å². The van der Waals surface area contributed by atoms with Crippen molar-refractivity contribution in [3.63, 3.8) is 0 Å². The molecule has 196 valence electrons. The molecule has 0 saturated carbocycles. The Morgan fingerprint density at radius 3 is 2.79 bits per heavy atom. The van der Waals surface area contributed by atoms with Gasteiger partial charge < -0.3 is 25.3 Å². The highest BCUT2D eigenvalue weighted by atomic mass is 35.5. The van der Waals surface area contributed by atoms with Gasteiger partial charge in [-0.05, 0) is 56.2 Å². The molecule has 1 aliphatic heterocycles. The number of aromatic nitrogens is 3. The topological polar surface area (TPSA) is 112 Å². The maximum absolute atomic E-state index is 13.1. The Morgan fingerprint density at radius 1 is 1.18 bits per heavy atom. The van der Waals surface area contributed by atoms with Gasteiger partial charge in [0.25, 0.3) is 0 Å². The smallest absolute Gasteiger partial charge is 0.250 e. The highest BCUT2D eigenvalue weighted by molar-refractivity contribution is 6.33. The quantitative estimate of drug-likeness (QED) is 0.319. The van der Waals surface area contributed by atoms with Gasteiger partial charge in [-0.3, -0.25) is 19.6 Å². The monoisotopic (exact) mass is 532 g/mol. The van der Waals surface area contributed by atoms with E-state index in [0.717, 1.165) is 32.9 Å². The molecule has 3 N–H and O–H groups in total. The number of aromatic amines is 1. The van der Waals surface area contributed by atoms with Crippen molar-refractivity contribution in [2.75, 3.05) is 25.0 Å². The van der Waals surface area contributed by atoms with Gasteiger partial charge in [-0.1, -0.05) is 11.6 Å². The van der Waals surface area contributed by atoms with Crippen LogP contribution in [0.5, 0.6) is 0 Å². The Kier molecular flexibility index (Phi) is 7.05. The lowest BCUT2D eigenvalue weighted by atomic mass is 10.1. The second-order valence-corrected chi connectivity index (χ2v) is 10.5. The molecule has 3 aromatic heterocycles. The number of ether oxygens (including phenoxy) is 1. The van der Waals surface area contributed by atoms with E-state index < -0.39 is 5.60 Å². The van der Waals surface area contributed by atoms with Crippen molar-refractivity contribution in [2.45, 2.75) is 32.9 Å². The van der Waals surface area contributed by atoms with Gasteiger partial charge in [0.05, 0.1) is 41.7 Å². The van der Waals surface area contributed by atoms with Crippen LogP contribution in [-0.4, -0.2) is 57.0 Å². The lowest BCUT2D eigenvalue weighted by Gasteiger charge is -2.40. The molecule has 9 nitrogen and oxygen atoms in total. The first-order chi connectivity index (χ1) is 18.2. The third kappa shape index (κ3) is 5.64. The predicted octanol–water partition coefficient (Wildman–Crippen LogP) is 4.32. The number of halogens is 1. The molecule has 0 aliphatic carbocycles. The maximum Gasteiger partial charge on any atom is 0.250 e. The number of pyridine rings is 2. The van der Waals surface area contributed by atoms with Crippen molar-refractivity contribution < 1.29 is 14.3 Å². The molecule has 0 atom stereocenters. The van der Waals surface area contributed by atoms with Crippen molar-refractivity contribution in [1.29, 1.82) is 0 Å². The van der Waals surface area contributed by atoms with Gasteiger partial charge in [-0.25, -0.2) is 0 Å². The van der Waals surface area contributed by atoms with Crippen LogP contribution in [0.3, 0.4) is 0 Å². The van der Waals surface area contributed by atoms with Crippen LogP contribution < -0.4 is 10.6 Å². The molecule has 10 heteroatoms. The van der Waals surface area contributed by atoms with Crippen LogP contribution in [0, 0.1) is 6.92 Å². The number of hydrogen-bond donors (Lipinski definition) is 3. The number of carbonyl (C=O) groups is 2. The Labute approximate surface area is 225 Å². The van der Waals surface area contributed by atoms with Gasteiger partial charge in [-0.15, -0.1) is 0 Å².